The fourth-order valence-corrected chi connectivity index (χ4v) is 3.82. The van der Waals surface area contributed by atoms with Crippen molar-refractivity contribution in [2.24, 2.45) is 0 Å². The van der Waals surface area contributed by atoms with Gasteiger partial charge in [-0.25, -0.2) is 9.59 Å². The Balaban J connectivity index is 1.58. The summed E-state index contributed by atoms with van der Waals surface area (Å²) in [6.45, 7) is 8.04. The number of benzene rings is 1. The predicted molar refractivity (Wildman–Crippen MR) is 128 cm³/mol. The van der Waals surface area contributed by atoms with Crippen molar-refractivity contribution in [1.82, 2.24) is 9.55 Å². The Bertz CT molecular complexity index is 1170. The minimum atomic E-state index is -0.561. The van der Waals surface area contributed by atoms with Gasteiger partial charge in [0.25, 0.3) is 0 Å². The van der Waals surface area contributed by atoms with Crippen LogP contribution in [0, 0.1) is 0 Å². The molecule has 0 spiro atoms. The summed E-state index contributed by atoms with van der Waals surface area (Å²) in [5, 5.41) is 0.931. The highest BCUT2D eigenvalue weighted by atomic mass is 16.6. The first-order valence-electron chi connectivity index (χ1n) is 11.7. The normalized spacial score (nSPS) is 13.8. The summed E-state index contributed by atoms with van der Waals surface area (Å²) >= 11 is 0. The molecule has 0 unspecified atom stereocenters. The second-order valence-corrected chi connectivity index (χ2v) is 9.76. The van der Waals surface area contributed by atoms with Crippen molar-refractivity contribution in [3.05, 3.63) is 65.1 Å². The van der Waals surface area contributed by atoms with Gasteiger partial charge in [-0.05, 0) is 81.3 Å². The van der Waals surface area contributed by atoms with Gasteiger partial charge in [-0.3, -0.25) is 9.55 Å². The van der Waals surface area contributed by atoms with Crippen molar-refractivity contribution in [2.75, 3.05) is 6.61 Å². The van der Waals surface area contributed by atoms with Crippen molar-refractivity contribution in [3.63, 3.8) is 0 Å². The number of rotatable bonds is 7. The van der Waals surface area contributed by atoms with E-state index in [0.717, 1.165) is 47.7 Å². The molecule has 0 N–H and O–H groups in total. The molecule has 174 valence electrons. The predicted octanol–water partition coefficient (Wildman–Crippen LogP) is 6.24. The van der Waals surface area contributed by atoms with E-state index in [1.54, 1.807) is 6.20 Å². The fourth-order valence-electron chi connectivity index (χ4n) is 3.82. The zero-order chi connectivity index (χ0) is 23.6. The number of aromatic nitrogens is 2. The molecular formula is C27H32N2O4. The lowest BCUT2D eigenvalue weighted by Crippen LogP contribution is -2.26. The van der Waals surface area contributed by atoms with Crippen molar-refractivity contribution < 1.29 is 19.1 Å². The summed E-state index contributed by atoms with van der Waals surface area (Å²) in [6.07, 6.45) is 7.85. The number of carbonyl (C=O) groups is 2. The van der Waals surface area contributed by atoms with Gasteiger partial charge in [-0.2, -0.15) is 0 Å². The number of hydrogen-bond donors (Lipinski definition) is 0. The van der Waals surface area contributed by atoms with Gasteiger partial charge in [0.1, 0.15) is 5.60 Å². The monoisotopic (exact) mass is 448 g/mol. The number of ether oxygens (including phenoxy) is 2. The lowest BCUT2D eigenvalue weighted by atomic mass is 10.0. The van der Waals surface area contributed by atoms with E-state index in [9.17, 15) is 9.59 Å². The molecule has 1 aliphatic rings. The first kappa shape index (κ1) is 23.0. The van der Waals surface area contributed by atoms with E-state index in [-0.39, 0.29) is 5.97 Å². The largest absolute Gasteiger partial charge is 0.462 e. The lowest BCUT2D eigenvalue weighted by Gasteiger charge is -2.19. The lowest BCUT2D eigenvalue weighted by molar-refractivity contribution is 0.0495. The highest BCUT2D eigenvalue weighted by Crippen LogP contribution is 2.40. The Labute approximate surface area is 194 Å². The zero-order valence-corrected chi connectivity index (χ0v) is 19.9. The molecule has 33 heavy (non-hydrogen) atoms. The van der Waals surface area contributed by atoms with Gasteiger partial charge >= 0.3 is 12.1 Å². The van der Waals surface area contributed by atoms with Gasteiger partial charge in [0.05, 0.1) is 23.4 Å². The fraction of sp³-hybridized carbons (Fsp3) is 0.444. The smallest absolute Gasteiger partial charge is 0.418 e. The molecule has 0 amide bonds. The highest BCUT2D eigenvalue weighted by molar-refractivity contribution is 5.92. The number of unbranched alkanes of at least 4 members (excludes halogenated alkanes) is 1. The van der Waals surface area contributed by atoms with Crippen LogP contribution in [-0.4, -0.2) is 33.8 Å². The molecule has 3 aromatic rings. The van der Waals surface area contributed by atoms with Crippen LogP contribution in [0.5, 0.6) is 0 Å². The highest BCUT2D eigenvalue weighted by Gasteiger charge is 2.26. The molecule has 2 aromatic heterocycles. The Hall–Kier alpha value is -3.15. The number of nitrogens with zero attached hydrogens (tertiary/aromatic N) is 2. The SMILES string of the molecule is CCCCOC(=O)c1cc(C2CC2)cnc1Cc1ccc2c(ccn2C(=O)OC(C)(C)C)c1. The quantitative estimate of drug-likeness (QED) is 0.316. The molecular weight excluding hydrogens is 416 g/mol. The third-order valence-electron chi connectivity index (χ3n) is 5.71. The zero-order valence-electron chi connectivity index (χ0n) is 19.9. The molecule has 0 saturated heterocycles. The molecule has 0 bridgehead atoms. The molecule has 4 rings (SSSR count). The van der Waals surface area contributed by atoms with Gasteiger partial charge in [-0.1, -0.05) is 19.4 Å². The van der Waals surface area contributed by atoms with Crippen LogP contribution in [-0.2, 0) is 15.9 Å². The summed E-state index contributed by atoms with van der Waals surface area (Å²) in [7, 11) is 0. The molecule has 1 aliphatic carbocycles. The minimum absolute atomic E-state index is 0.300. The maximum absolute atomic E-state index is 12.8. The third-order valence-corrected chi connectivity index (χ3v) is 5.71. The van der Waals surface area contributed by atoms with E-state index in [2.05, 4.69) is 11.9 Å². The van der Waals surface area contributed by atoms with E-state index < -0.39 is 11.7 Å². The summed E-state index contributed by atoms with van der Waals surface area (Å²) in [5.41, 5.74) is 3.62. The van der Waals surface area contributed by atoms with Crippen molar-refractivity contribution in [3.8, 4) is 0 Å². The summed E-state index contributed by atoms with van der Waals surface area (Å²) in [5.74, 6) is 0.211. The van der Waals surface area contributed by atoms with Crippen LogP contribution < -0.4 is 0 Å². The second-order valence-electron chi connectivity index (χ2n) is 9.76. The Morgan fingerprint density at radius 2 is 1.94 bits per heavy atom. The Morgan fingerprint density at radius 3 is 2.64 bits per heavy atom. The van der Waals surface area contributed by atoms with Crippen LogP contribution in [0.2, 0.25) is 0 Å². The molecule has 6 nitrogen and oxygen atoms in total. The van der Waals surface area contributed by atoms with E-state index in [4.69, 9.17) is 9.47 Å². The molecule has 0 radical (unpaired) electrons. The summed E-state index contributed by atoms with van der Waals surface area (Å²) in [6, 6.07) is 9.76. The van der Waals surface area contributed by atoms with Crippen LogP contribution >= 0.6 is 0 Å². The van der Waals surface area contributed by atoms with Crippen LogP contribution in [0.4, 0.5) is 4.79 Å². The molecule has 2 heterocycles. The average molecular weight is 449 g/mol. The van der Waals surface area contributed by atoms with Crippen LogP contribution in [0.3, 0.4) is 0 Å². The summed E-state index contributed by atoms with van der Waals surface area (Å²) < 4.78 is 12.5. The molecule has 6 heteroatoms. The molecule has 0 atom stereocenters. The third kappa shape index (κ3) is 5.62. The minimum Gasteiger partial charge on any atom is -0.462 e. The topological polar surface area (TPSA) is 70.4 Å². The van der Waals surface area contributed by atoms with E-state index >= 15 is 0 Å². The van der Waals surface area contributed by atoms with Crippen molar-refractivity contribution >= 4 is 23.0 Å². The Morgan fingerprint density at radius 1 is 1.15 bits per heavy atom. The first-order chi connectivity index (χ1) is 15.7. The van der Waals surface area contributed by atoms with Crippen molar-refractivity contribution in [2.45, 2.75) is 71.3 Å². The van der Waals surface area contributed by atoms with Crippen LogP contribution in [0.1, 0.15) is 86.5 Å². The van der Waals surface area contributed by atoms with Gasteiger partial charge in [0, 0.05) is 24.2 Å². The van der Waals surface area contributed by atoms with E-state index in [1.807, 2.05) is 57.3 Å². The molecule has 1 aromatic carbocycles. The first-order valence-corrected chi connectivity index (χ1v) is 11.7. The van der Waals surface area contributed by atoms with Gasteiger partial charge < -0.3 is 9.47 Å². The van der Waals surface area contributed by atoms with Crippen molar-refractivity contribution in [1.29, 1.82) is 0 Å². The number of pyridine rings is 1. The molecule has 1 saturated carbocycles. The van der Waals surface area contributed by atoms with Gasteiger partial charge in [-0.15, -0.1) is 0 Å². The molecule has 1 fully saturated rings. The number of esters is 1. The Kier molecular flexibility index (Phi) is 6.54. The maximum Gasteiger partial charge on any atom is 0.418 e. The van der Waals surface area contributed by atoms with E-state index in [1.165, 1.54) is 4.57 Å². The van der Waals surface area contributed by atoms with Crippen LogP contribution in [0.15, 0.2) is 42.7 Å². The number of hydrogen-bond acceptors (Lipinski definition) is 5. The maximum atomic E-state index is 12.8. The van der Waals surface area contributed by atoms with E-state index in [0.29, 0.717) is 30.2 Å². The summed E-state index contributed by atoms with van der Waals surface area (Å²) in [4.78, 5) is 30.0. The average Bonchev–Trinajstić information content (AvgIpc) is 3.52. The van der Waals surface area contributed by atoms with Gasteiger partial charge in [0.2, 0.25) is 0 Å². The number of fused-ring (bicyclic) bond motifs is 1. The standard InChI is InChI=1S/C27H32N2O4/c1-5-6-13-32-25(30)22-16-21(19-8-9-19)17-28-23(22)15-18-7-10-24-20(14-18)11-12-29(24)26(31)33-27(2,3)4/h7,10-12,14,16-17,19H,5-6,8-9,13,15H2,1-4H3. The van der Waals surface area contributed by atoms with Crippen LogP contribution in [0.25, 0.3) is 10.9 Å². The second kappa shape index (κ2) is 9.38. The molecule has 0 aliphatic heterocycles. The van der Waals surface area contributed by atoms with Gasteiger partial charge in [0.15, 0.2) is 0 Å². The number of carbonyl (C=O) groups excluding carboxylic acids is 2.